The number of hydrogen-bond donors (Lipinski definition) is 2. The molecule has 2 aliphatic rings. The van der Waals surface area contributed by atoms with Crippen molar-refractivity contribution in [3.8, 4) is 17.1 Å². The van der Waals surface area contributed by atoms with E-state index in [4.69, 9.17) is 13.9 Å². The SMILES string of the molecule is C1CCOC1.COc1ccc(-c2ccc(C[NH3+])o2)c2[nH]cc(C(=O)C(=O)N3CCN(C(=O)c4ccccc4)CC3)c12. The summed E-state index contributed by atoms with van der Waals surface area (Å²) in [5, 5.41) is 0.527. The van der Waals surface area contributed by atoms with Crippen LogP contribution in [0.3, 0.4) is 0 Å². The first-order valence-corrected chi connectivity index (χ1v) is 13.8. The predicted molar refractivity (Wildman–Crippen MR) is 152 cm³/mol. The summed E-state index contributed by atoms with van der Waals surface area (Å²) in [6.07, 6.45) is 4.09. The molecule has 41 heavy (non-hydrogen) atoms. The number of methoxy groups -OCH3 is 1. The van der Waals surface area contributed by atoms with Crippen LogP contribution >= 0.6 is 0 Å². The minimum absolute atomic E-state index is 0.0807. The number of nitrogens with one attached hydrogen (secondary N) is 1. The van der Waals surface area contributed by atoms with Gasteiger partial charge in [-0.3, -0.25) is 14.4 Å². The van der Waals surface area contributed by atoms with Gasteiger partial charge in [0.05, 0.1) is 23.6 Å². The van der Waals surface area contributed by atoms with Gasteiger partial charge in [0, 0.05) is 56.7 Å². The summed E-state index contributed by atoms with van der Waals surface area (Å²) in [6, 6.07) is 16.3. The van der Waals surface area contributed by atoms with Gasteiger partial charge in [0.1, 0.15) is 18.1 Å². The van der Waals surface area contributed by atoms with E-state index in [0.29, 0.717) is 47.6 Å². The van der Waals surface area contributed by atoms with Gasteiger partial charge in [-0.15, -0.1) is 0 Å². The third-order valence-corrected chi connectivity index (χ3v) is 7.33. The van der Waals surface area contributed by atoms with E-state index in [1.165, 1.54) is 31.0 Å². The summed E-state index contributed by atoms with van der Waals surface area (Å²) < 4.78 is 16.3. The molecule has 0 saturated carbocycles. The first-order chi connectivity index (χ1) is 20.0. The number of aromatic amines is 1. The van der Waals surface area contributed by atoms with Crippen LogP contribution < -0.4 is 10.5 Å². The van der Waals surface area contributed by atoms with Crippen molar-refractivity contribution in [2.45, 2.75) is 19.4 Å². The van der Waals surface area contributed by atoms with Gasteiger partial charge in [0.15, 0.2) is 5.76 Å². The summed E-state index contributed by atoms with van der Waals surface area (Å²) in [5.74, 6) is 0.547. The first-order valence-electron chi connectivity index (χ1n) is 13.8. The highest BCUT2D eigenvalue weighted by Gasteiger charge is 2.31. The number of fused-ring (bicyclic) bond motifs is 1. The Kier molecular flexibility index (Phi) is 8.81. The minimum Gasteiger partial charge on any atom is -0.496 e. The molecule has 4 aromatic rings. The number of ketones is 1. The van der Waals surface area contributed by atoms with Gasteiger partial charge in [-0.25, -0.2) is 0 Å². The van der Waals surface area contributed by atoms with Gasteiger partial charge in [0.25, 0.3) is 17.6 Å². The molecule has 0 spiro atoms. The molecule has 10 nitrogen and oxygen atoms in total. The molecule has 4 N–H and O–H groups in total. The third-order valence-electron chi connectivity index (χ3n) is 7.33. The van der Waals surface area contributed by atoms with Gasteiger partial charge in [-0.2, -0.15) is 0 Å². The predicted octanol–water partition coefficient (Wildman–Crippen LogP) is 3.14. The van der Waals surface area contributed by atoms with Crippen molar-refractivity contribution < 1.29 is 34.0 Å². The molecule has 2 fully saturated rings. The lowest BCUT2D eigenvalue weighted by Crippen LogP contribution is -2.52. The molecule has 0 bridgehead atoms. The molecule has 0 unspecified atom stereocenters. The lowest BCUT2D eigenvalue weighted by molar-refractivity contribution is -0.390. The number of H-pyrrole nitrogens is 1. The largest absolute Gasteiger partial charge is 0.496 e. The van der Waals surface area contributed by atoms with Crippen LogP contribution in [0, 0.1) is 0 Å². The number of benzene rings is 2. The minimum atomic E-state index is -0.627. The number of quaternary nitrogens is 1. The highest BCUT2D eigenvalue weighted by atomic mass is 16.5. The number of furan rings is 1. The quantitative estimate of drug-likeness (QED) is 0.276. The average molecular weight is 560 g/mol. The number of carbonyl (C=O) groups excluding carboxylic acids is 3. The third kappa shape index (κ3) is 6.03. The van der Waals surface area contributed by atoms with Crippen LogP contribution in [0.1, 0.15) is 39.3 Å². The van der Waals surface area contributed by atoms with E-state index < -0.39 is 11.7 Å². The summed E-state index contributed by atoms with van der Waals surface area (Å²) >= 11 is 0. The fraction of sp³-hybridized carbons (Fsp3) is 0.323. The topological polar surface area (TPSA) is 133 Å². The number of nitrogens with zero attached hydrogens (tertiary/aromatic N) is 2. The van der Waals surface area contributed by atoms with Crippen molar-refractivity contribution in [1.29, 1.82) is 0 Å². The van der Waals surface area contributed by atoms with Crippen molar-refractivity contribution in [2.75, 3.05) is 46.5 Å². The maximum Gasteiger partial charge on any atom is 0.295 e. The van der Waals surface area contributed by atoms with Crippen molar-refractivity contribution in [2.24, 2.45) is 0 Å². The zero-order valence-corrected chi connectivity index (χ0v) is 23.2. The van der Waals surface area contributed by atoms with Crippen LogP contribution in [0.4, 0.5) is 0 Å². The van der Waals surface area contributed by atoms with Crippen LogP contribution in [-0.2, 0) is 16.1 Å². The fourth-order valence-electron chi connectivity index (χ4n) is 5.07. The van der Waals surface area contributed by atoms with Crippen molar-refractivity contribution >= 4 is 28.5 Å². The van der Waals surface area contributed by atoms with Crippen LogP contribution in [0.5, 0.6) is 5.75 Å². The maximum atomic E-state index is 13.3. The molecule has 6 rings (SSSR count). The Bertz CT molecular complexity index is 1510. The monoisotopic (exact) mass is 559 g/mol. The normalized spacial score (nSPS) is 15.0. The van der Waals surface area contributed by atoms with Crippen LogP contribution in [0.2, 0.25) is 0 Å². The number of hydrogen-bond acceptors (Lipinski definition) is 6. The molecule has 4 heterocycles. The van der Waals surface area contributed by atoms with Crippen molar-refractivity contribution in [3.63, 3.8) is 0 Å². The molecule has 2 aliphatic heterocycles. The lowest BCUT2D eigenvalue weighted by Gasteiger charge is -2.34. The Labute approximate surface area is 238 Å². The van der Waals surface area contributed by atoms with Crippen LogP contribution in [0.25, 0.3) is 22.2 Å². The van der Waals surface area contributed by atoms with E-state index in [2.05, 4.69) is 10.7 Å². The summed E-state index contributed by atoms with van der Waals surface area (Å²) in [7, 11) is 1.52. The Morgan fingerprint density at radius 2 is 1.63 bits per heavy atom. The van der Waals surface area contributed by atoms with Crippen LogP contribution in [-0.4, -0.2) is 78.9 Å². The van der Waals surface area contributed by atoms with Crippen molar-refractivity contribution in [1.82, 2.24) is 14.8 Å². The molecule has 10 heteroatoms. The zero-order valence-electron chi connectivity index (χ0n) is 23.2. The van der Waals surface area contributed by atoms with Crippen LogP contribution in [0.15, 0.2) is 65.2 Å². The highest BCUT2D eigenvalue weighted by molar-refractivity contribution is 6.45. The lowest BCUT2D eigenvalue weighted by atomic mass is 10.0. The van der Waals surface area contributed by atoms with Gasteiger partial charge >= 0.3 is 0 Å². The summed E-state index contributed by atoms with van der Waals surface area (Å²) in [5.41, 5.74) is 6.09. The Morgan fingerprint density at radius 3 is 2.24 bits per heavy atom. The molecule has 2 aromatic heterocycles. The molecule has 2 amide bonds. The molecular weight excluding hydrogens is 524 g/mol. The number of amides is 2. The molecule has 0 aliphatic carbocycles. The summed E-state index contributed by atoms with van der Waals surface area (Å²) in [4.78, 5) is 45.6. The first kappa shape index (κ1) is 28.1. The second-order valence-electron chi connectivity index (χ2n) is 9.88. The van der Waals surface area contributed by atoms with E-state index >= 15 is 0 Å². The van der Waals surface area contributed by atoms with Gasteiger partial charge in [-0.1, -0.05) is 18.2 Å². The van der Waals surface area contributed by atoms with E-state index in [9.17, 15) is 14.4 Å². The number of Topliss-reactive ketones (excluding diaryl/α,β-unsaturated/α-hetero) is 1. The Morgan fingerprint density at radius 1 is 0.927 bits per heavy atom. The van der Waals surface area contributed by atoms with E-state index in [0.717, 1.165) is 24.5 Å². The highest BCUT2D eigenvalue weighted by Crippen LogP contribution is 2.37. The number of ether oxygens (including phenoxy) is 2. The second kappa shape index (κ2) is 12.8. The van der Waals surface area contributed by atoms with Gasteiger partial charge < -0.3 is 34.4 Å². The number of piperazine rings is 1. The van der Waals surface area contributed by atoms with E-state index in [-0.39, 0.29) is 24.6 Å². The maximum absolute atomic E-state index is 13.3. The molecule has 2 aromatic carbocycles. The average Bonchev–Trinajstić information content (AvgIpc) is 3.83. The molecule has 214 valence electrons. The summed E-state index contributed by atoms with van der Waals surface area (Å²) in [6.45, 7) is 3.82. The van der Waals surface area contributed by atoms with Gasteiger partial charge in [0.2, 0.25) is 0 Å². The van der Waals surface area contributed by atoms with Gasteiger partial charge in [-0.05, 0) is 49.2 Å². The Balaban J connectivity index is 0.000000610. The van der Waals surface area contributed by atoms with E-state index in [1.807, 2.05) is 36.4 Å². The second-order valence-corrected chi connectivity index (χ2v) is 9.88. The Hall–Kier alpha value is -4.41. The molecule has 0 atom stereocenters. The molecule has 0 radical (unpaired) electrons. The number of carbonyl (C=O) groups is 3. The standard InChI is InChI=1S/C27H26N4O5.C4H8O/c1-35-22-10-8-19(21-9-7-18(15-28)36-21)24-23(22)20(16-29-24)25(32)27(34)31-13-11-30(12-14-31)26(33)17-5-3-2-4-6-17;1-2-4-5-3-1/h2-10,16,29H,11-15,28H2,1H3;1-4H2/p+1. The smallest absolute Gasteiger partial charge is 0.295 e. The molecular formula is C31H35N4O6+. The molecule has 2 saturated heterocycles. The van der Waals surface area contributed by atoms with Crippen molar-refractivity contribution in [3.05, 3.63) is 77.7 Å². The number of rotatable bonds is 6. The fourth-order valence-corrected chi connectivity index (χ4v) is 5.07. The number of aromatic nitrogens is 1. The zero-order chi connectivity index (χ0) is 28.8. The van der Waals surface area contributed by atoms with E-state index in [1.54, 1.807) is 23.1 Å².